The van der Waals surface area contributed by atoms with Crippen LogP contribution in [-0.4, -0.2) is 20.0 Å². The number of carbonyl (C=O) groups excluding carboxylic acids is 1. The first-order valence-electron chi connectivity index (χ1n) is 8.37. The van der Waals surface area contributed by atoms with Gasteiger partial charge in [0.15, 0.2) is 0 Å². The number of amides is 1. The Morgan fingerprint density at radius 3 is 1.97 bits per heavy atom. The third-order valence-electron chi connectivity index (χ3n) is 4.40. The Labute approximate surface area is 168 Å². The van der Waals surface area contributed by atoms with Crippen LogP contribution in [0.2, 0.25) is 0 Å². The number of fused-ring (bicyclic) bond motifs is 1. The molecule has 0 unspecified atom stereocenters. The summed E-state index contributed by atoms with van der Waals surface area (Å²) < 4.78 is 79.6. The van der Waals surface area contributed by atoms with Gasteiger partial charge >= 0.3 is 18.0 Å². The number of aryl methyl sites for hydroxylation is 1. The Morgan fingerprint density at radius 2 is 1.45 bits per heavy atom. The van der Waals surface area contributed by atoms with Gasteiger partial charge in [-0.2, -0.15) is 26.3 Å². The van der Waals surface area contributed by atoms with E-state index in [1.807, 2.05) is 5.32 Å². The van der Waals surface area contributed by atoms with Gasteiger partial charge < -0.3 is 5.32 Å². The van der Waals surface area contributed by atoms with Crippen LogP contribution in [0.4, 0.5) is 32.0 Å². The van der Waals surface area contributed by atoms with Gasteiger partial charge in [-0.15, -0.1) is 0 Å². The summed E-state index contributed by atoms with van der Waals surface area (Å²) in [4.78, 5) is 40.5. The zero-order valence-electron chi connectivity index (χ0n) is 15.7. The molecule has 164 valence electrons. The van der Waals surface area contributed by atoms with Crippen LogP contribution in [-0.2, 0) is 26.4 Å². The van der Waals surface area contributed by atoms with Gasteiger partial charge in [0, 0.05) is 26.0 Å². The molecule has 31 heavy (non-hydrogen) atoms. The summed E-state index contributed by atoms with van der Waals surface area (Å²) in [6.45, 7) is 0. The molecule has 0 aliphatic rings. The Morgan fingerprint density at radius 1 is 0.903 bits per heavy atom. The fourth-order valence-electron chi connectivity index (χ4n) is 2.82. The van der Waals surface area contributed by atoms with Gasteiger partial charge in [0.1, 0.15) is 5.65 Å². The van der Waals surface area contributed by atoms with Crippen LogP contribution < -0.4 is 16.6 Å². The molecule has 0 saturated heterocycles. The average molecular weight is 446 g/mol. The quantitative estimate of drug-likeness (QED) is 0.614. The van der Waals surface area contributed by atoms with Crippen molar-refractivity contribution in [3.8, 4) is 0 Å². The van der Waals surface area contributed by atoms with E-state index in [9.17, 15) is 40.7 Å². The highest BCUT2D eigenvalue weighted by molar-refractivity contribution is 6.05. The van der Waals surface area contributed by atoms with Gasteiger partial charge in [0.2, 0.25) is 0 Å². The summed E-state index contributed by atoms with van der Waals surface area (Å²) in [7, 11) is 2.52. The maximum Gasteiger partial charge on any atom is 0.416 e. The first-order valence-corrected chi connectivity index (χ1v) is 8.37. The lowest BCUT2D eigenvalue weighted by Crippen LogP contribution is -2.37. The average Bonchev–Trinajstić information content (AvgIpc) is 2.68. The van der Waals surface area contributed by atoms with Gasteiger partial charge in [-0.3, -0.25) is 18.7 Å². The molecule has 2 aromatic heterocycles. The smallest absolute Gasteiger partial charge is 0.322 e. The molecule has 0 aliphatic carbocycles. The van der Waals surface area contributed by atoms with Crippen LogP contribution in [0.15, 0.2) is 40.1 Å². The van der Waals surface area contributed by atoms with E-state index in [4.69, 9.17) is 0 Å². The molecular formula is C18H12F6N4O3. The third kappa shape index (κ3) is 4.15. The topological polar surface area (TPSA) is 86.0 Å². The van der Waals surface area contributed by atoms with Gasteiger partial charge in [0.05, 0.1) is 22.1 Å². The number of anilines is 1. The van der Waals surface area contributed by atoms with Crippen LogP contribution in [0.5, 0.6) is 0 Å². The second kappa shape index (κ2) is 7.25. The molecule has 0 radical (unpaired) electrons. The van der Waals surface area contributed by atoms with Crippen molar-refractivity contribution < 1.29 is 31.1 Å². The largest absolute Gasteiger partial charge is 0.416 e. The highest BCUT2D eigenvalue weighted by Gasteiger charge is 2.37. The molecule has 3 rings (SSSR count). The van der Waals surface area contributed by atoms with Crippen molar-refractivity contribution >= 4 is 22.6 Å². The van der Waals surface area contributed by atoms with Crippen LogP contribution in [0.3, 0.4) is 0 Å². The van der Waals surface area contributed by atoms with Crippen molar-refractivity contribution in [1.82, 2.24) is 14.1 Å². The molecule has 1 aromatic carbocycles. The minimum atomic E-state index is -5.08. The second-order valence-corrected chi connectivity index (χ2v) is 6.55. The number of pyridine rings is 1. The number of alkyl halides is 6. The monoisotopic (exact) mass is 446 g/mol. The summed E-state index contributed by atoms with van der Waals surface area (Å²) in [6.07, 6.45) is -9.22. The van der Waals surface area contributed by atoms with Crippen molar-refractivity contribution in [2.24, 2.45) is 14.1 Å². The molecule has 2 heterocycles. The van der Waals surface area contributed by atoms with E-state index in [1.54, 1.807) is 0 Å². The van der Waals surface area contributed by atoms with E-state index in [0.29, 0.717) is 12.1 Å². The summed E-state index contributed by atoms with van der Waals surface area (Å²) in [5.41, 5.74) is -5.77. The Hall–Kier alpha value is -3.64. The van der Waals surface area contributed by atoms with Crippen molar-refractivity contribution in [1.29, 1.82) is 0 Å². The molecule has 0 spiro atoms. The van der Waals surface area contributed by atoms with Crippen molar-refractivity contribution in [2.45, 2.75) is 12.4 Å². The number of halogens is 6. The summed E-state index contributed by atoms with van der Waals surface area (Å²) in [6, 6.07) is 1.67. The van der Waals surface area contributed by atoms with Gasteiger partial charge in [0.25, 0.3) is 11.5 Å². The summed E-state index contributed by atoms with van der Waals surface area (Å²) in [5.74, 6) is -1.10. The van der Waals surface area contributed by atoms with E-state index >= 15 is 0 Å². The number of hydrogen-bond acceptors (Lipinski definition) is 4. The zero-order valence-corrected chi connectivity index (χ0v) is 15.7. The maximum absolute atomic E-state index is 13.0. The lowest BCUT2D eigenvalue weighted by Gasteiger charge is -2.15. The van der Waals surface area contributed by atoms with Crippen LogP contribution in [0, 0.1) is 0 Å². The molecule has 0 saturated carbocycles. The molecule has 3 aromatic rings. The zero-order chi connectivity index (χ0) is 23.3. The number of aromatic nitrogens is 3. The Balaban J connectivity index is 2.06. The van der Waals surface area contributed by atoms with Gasteiger partial charge in [-0.25, -0.2) is 9.78 Å². The fourth-order valence-corrected chi connectivity index (χ4v) is 2.82. The number of benzene rings is 1. The van der Waals surface area contributed by atoms with E-state index < -0.39 is 46.3 Å². The first kappa shape index (κ1) is 22.1. The normalized spacial score (nSPS) is 12.3. The Kier molecular flexibility index (Phi) is 5.16. The minimum Gasteiger partial charge on any atom is -0.322 e. The fraction of sp³-hybridized carbons (Fsp3) is 0.222. The number of nitrogens with zero attached hydrogens (tertiary/aromatic N) is 3. The first-order chi connectivity index (χ1) is 14.2. The molecule has 1 N–H and O–H groups in total. The third-order valence-corrected chi connectivity index (χ3v) is 4.40. The number of rotatable bonds is 2. The van der Waals surface area contributed by atoms with Crippen molar-refractivity contribution in [3.63, 3.8) is 0 Å². The van der Waals surface area contributed by atoms with E-state index in [0.717, 1.165) is 21.4 Å². The van der Waals surface area contributed by atoms with E-state index in [-0.39, 0.29) is 22.7 Å². The molecular weight excluding hydrogens is 434 g/mol. The minimum absolute atomic E-state index is 0.0527. The molecule has 1 amide bonds. The predicted molar refractivity (Wildman–Crippen MR) is 96.6 cm³/mol. The molecule has 0 fully saturated rings. The van der Waals surface area contributed by atoms with Crippen molar-refractivity contribution in [3.05, 3.63) is 68.0 Å². The number of nitrogens with one attached hydrogen (secondary N) is 1. The SMILES string of the molecule is Cn1c(=O)c2cc(C(=O)Nc3cc(C(F)(F)F)cc(C(F)(F)F)c3)cnc2n(C)c1=O. The molecule has 13 heteroatoms. The molecule has 0 bridgehead atoms. The van der Waals surface area contributed by atoms with Crippen LogP contribution >= 0.6 is 0 Å². The van der Waals surface area contributed by atoms with Crippen molar-refractivity contribution in [2.75, 3.05) is 5.32 Å². The summed E-state index contributed by atoms with van der Waals surface area (Å²) >= 11 is 0. The van der Waals surface area contributed by atoms with E-state index in [2.05, 4.69) is 4.98 Å². The standard InChI is InChI=1S/C18H12F6N4O3/c1-27-13-12(15(30)28(2)16(27)31)3-8(7-25-13)14(29)26-11-5-9(17(19,20)21)4-10(6-11)18(22,23)24/h3-7H,1-2H3,(H,26,29). The van der Waals surface area contributed by atoms with Gasteiger partial charge in [-0.1, -0.05) is 0 Å². The Bertz CT molecular complexity index is 1290. The van der Waals surface area contributed by atoms with Crippen LogP contribution in [0.1, 0.15) is 21.5 Å². The number of hydrogen-bond donors (Lipinski definition) is 1. The molecule has 0 atom stereocenters. The highest BCUT2D eigenvalue weighted by Crippen LogP contribution is 2.37. The maximum atomic E-state index is 13.0. The lowest BCUT2D eigenvalue weighted by molar-refractivity contribution is -0.143. The molecule has 7 nitrogen and oxygen atoms in total. The number of carbonyl (C=O) groups is 1. The lowest BCUT2D eigenvalue weighted by atomic mass is 10.1. The van der Waals surface area contributed by atoms with E-state index in [1.165, 1.54) is 14.1 Å². The predicted octanol–water partition coefficient (Wildman–Crippen LogP) is 2.92. The molecule has 0 aliphatic heterocycles. The second-order valence-electron chi connectivity index (χ2n) is 6.55. The highest BCUT2D eigenvalue weighted by atomic mass is 19.4. The van der Waals surface area contributed by atoms with Crippen LogP contribution in [0.25, 0.3) is 11.0 Å². The van der Waals surface area contributed by atoms with Gasteiger partial charge in [-0.05, 0) is 24.3 Å². The summed E-state index contributed by atoms with van der Waals surface area (Å²) in [5, 5.41) is 1.81.